The number of rotatable bonds is 3. The van der Waals surface area contributed by atoms with Gasteiger partial charge in [-0.2, -0.15) is 0 Å². The molecule has 0 atom stereocenters. The Morgan fingerprint density at radius 2 is 1.63 bits per heavy atom. The molecule has 0 saturated heterocycles. The van der Waals surface area contributed by atoms with Crippen LogP contribution in [0.1, 0.15) is 31.5 Å². The number of anilines is 2. The number of aromatic nitrogens is 2. The van der Waals surface area contributed by atoms with Gasteiger partial charge in [-0.15, -0.1) is 0 Å². The predicted molar refractivity (Wildman–Crippen MR) is 79.7 cm³/mol. The summed E-state index contributed by atoms with van der Waals surface area (Å²) in [5, 5.41) is 0. The number of hydrogen-bond donors (Lipinski definition) is 1. The zero-order chi connectivity index (χ0) is 14.0. The summed E-state index contributed by atoms with van der Waals surface area (Å²) < 4.78 is 0. The van der Waals surface area contributed by atoms with E-state index in [-0.39, 0.29) is 0 Å². The van der Waals surface area contributed by atoms with E-state index in [1.807, 2.05) is 25.9 Å². The summed E-state index contributed by atoms with van der Waals surface area (Å²) in [7, 11) is 6.14. The minimum Gasteiger partial charge on any atom is -0.363 e. The van der Waals surface area contributed by atoms with Crippen LogP contribution >= 0.6 is 0 Å². The summed E-state index contributed by atoms with van der Waals surface area (Å²) >= 11 is 0. The lowest BCUT2D eigenvalue weighted by Gasteiger charge is -2.34. The van der Waals surface area contributed by atoms with Crippen molar-refractivity contribution in [3.8, 4) is 0 Å². The van der Waals surface area contributed by atoms with Gasteiger partial charge in [-0.3, -0.25) is 0 Å². The fraction of sp³-hybridized carbons (Fsp3) is 0.714. The Morgan fingerprint density at radius 3 is 2.21 bits per heavy atom. The zero-order valence-electron chi connectivity index (χ0n) is 12.4. The third-order valence-electron chi connectivity index (χ3n) is 3.92. The fourth-order valence-electron chi connectivity index (χ4n) is 2.62. The maximum atomic E-state index is 5.97. The first-order valence-corrected chi connectivity index (χ1v) is 6.99. The summed E-state index contributed by atoms with van der Waals surface area (Å²) in [6.07, 6.45) is 4.52. The second-order valence-electron chi connectivity index (χ2n) is 5.71. The highest BCUT2D eigenvalue weighted by atomic mass is 15.2. The lowest BCUT2D eigenvalue weighted by Crippen LogP contribution is -2.39. The third-order valence-corrected chi connectivity index (χ3v) is 3.92. The van der Waals surface area contributed by atoms with E-state index in [1.54, 1.807) is 0 Å². The number of hydrogen-bond acceptors (Lipinski definition) is 5. The van der Waals surface area contributed by atoms with E-state index in [1.165, 1.54) is 0 Å². The Balaban J connectivity index is 2.16. The molecule has 0 amide bonds. The molecule has 1 saturated carbocycles. The fourth-order valence-corrected chi connectivity index (χ4v) is 2.62. The first-order chi connectivity index (χ1) is 8.97. The van der Waals surface area contributed by atoms with E-state index in [0.29, 0.717) is 12.1 Å². The second-order valence-corrected chi connectivity index (χ2v) is 5.71. The molecule has 1 fully saturated rings. The average Bonchev–Trinajstić information content (AvgIpc) is 2.38. The van der Waals surface area contributed by atoms with E-state index in [0.717, 1.165) is 43.1 Å². The van der Waals surface area contributed by atoms with E-state index in [4.69, 9.17) is 5.73 Å². The molecule has 0 unspecified atom stereocenters. The largest absolute Gasteiger partial charge is 0.363 e. The van der Waals surface area contributed by atoms with Crippen LogP contribution in [0.4, 0.5) is 11.6 Å². The standard InChI is InChI=1S/C14H25N5/c1-10-16-13(18(2)3)9-14(17-10)19(4)12-7-5-11(15)6-8-12/h9,11-12H,5-8,15H2,1-4H3. The molecule has 0 aromatic carbocycles. The summed E-state index contributed by atoms with van der Waals surface area (Å²) in [5.74, 6) is 2.79. The van der Waals surface area contributed by atoms with Crippen LogP contribution in [0.3, 0.4) is 0 Å². The topological polar surface area (TPSA) is 58.3 Å². The van der Waals surface area contributed by atoms with Crippen LogP contribution in [-0.4, -0.2) is 43.2 Å². The monoisotopic (exact) mass is 263 g/mol. The predicted octanol–water partition coefficient (Wildman–Crippen LogP) is 1.56. The Bertz CT molecular complexity index is 424. The molecule has 1 aliphatic carbocycles. The Kier molecular flexibility index (Phi) is 4.24. The quantitative estimate of drug-likeness (QED) is 0.897. The van der Waals surface area contributed by atoms with Crippen molar-refractivity contribution in [3.63, 3.8) is 0 Å². The average molecular weight is 263 g/mol. The molecule has 5 nitrogen and oxygen atoms in total. The van der Waals surface area contributed by atoms with Crippen molar-refractivity contribution < 1.29 is 0 Å². The SMILES string of the molecule is Cc1nc(N(C)C)cc(N(C)C2CCC(N)CC2)n1. The first-order valence-electron chi connectivity index (χ1n) is 6.99. The van der Waals surface area contributed by atoms with Crippen molar-refractivity contribution in [2.45, 2.75) is 44.7 Å². The normalized spacial score (nSPS) is 23.2. The molecule has 0 aliphatic heterocycles. The van der Waals surface area contributed by atoms with Crippen LogP contribution in [-0.2, 0) is 0 Å². The molecule has 1 heterocycles. The van der Waals surface area contributed by atoms with Gasteiger partial charge < -0.3 is 15.5 Å². The molecule has 5 heteroatoms. The Hall–Kier alpha value is -1.36. The molecule has 2 N–H and O–H groups in total. The molecule has 2 rings (SSSR count). The molecule has 1 aliphatic rings. The van der Waals surface area contributed by atoms with Gasteiger partial charge in [0.2, 0.25) is 0 Å². The van der Waals surface area contributed by atoms with Gasteiger partial charge in [0, 0.05) is 39.3 Å². The summed E-state index contributed by atoms with van der Waals surface area (Å²) in [6, 6.07) is 2.99. The molecule has 1 aromatic rings. The van der Waals surface area contributed by atoms with Gasteiger partial charge in [0.05, 0.1) is 0 Å². The summed E-state index contributed by atoms with van der Waals surface area (Å²) in [5.41, 5.74) is 5.97. The van der Waals surface area contributed by atoms with Crippen LogP contribution in [0.25, 0.3) is 0 Å². The van der Waals surface area contributed by atoms with Gasteiger partial charge in [0.15, 0.2) is 0 Å². The van der Waals surface area contributed by atoms with Gasteiger partial charge in [-0.1, -0.05) is 0 Å². The summed E-state index contributed by atoms with van der Waals surface area (Å²) in [6.45, 7) is 1.95. The highest BCUT2D eigenvalue weighted by Crippen LogP contribution is 2.26. The van der Waals surface area contributed by atoms with Crippen LogP contribution in [0.5, 0.6) is 0 Å². The Labute approximate surface area is 115 Å². The van der Waals surface area contributed by atoms with E-state index in [9.17, 15) is 0 Å². The van der Waals surface area contributed by atoms with E-state index < -0.39 is 0 Å². The number of aryl methyl sites for hydroxylation is 1. The molecule has 0 spiro atoms. The van der Waals surface area contributed by atoms with Gasteiger partial charge in [0.1, 0.15) is 17.5 Å². The van der Waals surface area contributed by atoms with Crippen molar-refractivity contribution in [2.24, 2.45) is 5.73 Å². The van der Waals surface area contributed by atoms with Crippen molar-refractivity contribution in [1.29, 1.82) is 0 Å². The Morgan fingerprint density at radius 1 is 1.05 bits per heavy atom. The number of nitrogens with zero attached hydrogens (tertiary/aromatic N) is 4. The smallest absolute Gasteiger partial charge is 0.134 e. The zero-order valence-corrected chi connectivity index (χ0v) is 12.4. The maximum absolute atomic E-state index is 5.97. The van der Waals surface area contributed by atoms with Crippen molar-refractivity contribution in [1.82, 2.24) is 9.97 Å². The van der Waals surface area contributed by atoms with Crippen LogP contribution < -0.4 is 15.5 Å². The van der Waals surface area contributed by atoms with Crippen molar-refractivity contribution in [2.75, 3.05) is 30.9 Å². The van der Waals surface area contributed by atoms with Crippen molar-refractivity contribution in [3.05, 3.63) is 11.9 Å². The van der Waals surface area contributed by atoms with Gasteiger partial charge in [-0.05, 0) is 32.6 Å². The van der Waals surface area contributed by atoms with E-state index >= 15 is 0 Å². The third kappa shape index (κ3) is 3.35. The van der Waals surface area contributed by atoms with Crippen LogP contribution in [0.15, 0.2) is 6.07 Å². The summed E-state index contributed by atoms with van der Waals surface area (Å²) in [4.78, 5) is 13.3. The van der Waals surface area contributed by atoms with Crippen molar-refractivity contribution >= 4 is 11.6 Å². The number of nitrogens with two attached hydrogens (primary N) is 1. The first kappa shape index (κ1) is 14.1. The van der Waals surface area contributed by atoms with Crippen LogP contribution in [0.2, 0.25) is 0 Å². The minimum absolute atomic E-state index is 0.383. The molecule has 19 heavy (non-hydrogen) atoms. The maximum Gasteiger partial charge on any atom is 0.134 e. The minimum atomic E-state index is 0.383. The lowest BCUT2D eigenvalue weighted by molar-refractivity contribution is 0.383. The van der Waals surface area contributed by atoms with Gasteiger partial charge >= 0.3 is 0 Å². The molecule has 1 aromatic heterocycles. The van der Waals surface area contributed by atoms with Gasteiger partial charge in [0.25, 0.3) is 0 Å². The molecule has 0 bridgehead atoms. The highest BCUT2D eigenvalue weighted by Gasteiger charge is 2.23. The van der Waals surface area contributed by atoms with E-state index in [2.05, 4.69) is 28.0 Å². The molecular weight excluding hydrogens is 238 g/mol. The lowest BCUT2D eigenvalue weighted by atomic mass is 9.91. The molecule has 0 radical (unpaired) electrons. The molecular formula is C14H25N5. The molecule has 106 valence electrons. The van der Waals surface area contributed by atoms with Gasteiger partial charge in [-0.25, -0.2) is 9.97 Å². The second kappa shape index (κ2) is 5.74. The highest BCUT2D eigenvalue weighted by molar-refractivity contribution is 5.50. The van der Waals surface area contributed by atoms with Crippen LogP contribution in [0, 0.1) is 6.92 Å².